The topological polar surface area (TPSA) is 117 Å². The third kappa shape index (κ3) is 3.90. The maximum absolute atomic E-state index is 12.9. The summed E-state index contributed by atoms with van der Waals surface area (Å²) in [5, 5.41) is 13.3. The molecule has 29 heavy (non-hydrogen) atoms. The maximum Gasteiger partial charge on any atom is 0.277 e. The lowest BCUT2D eigenvalue weighted by molar-refractivity contribution is -0.117. The number of nitrogens with two attached hydrogens (primary N) is 1. The summed E-state index contributed by atoms with van der Waals surface area (Å²) in [5.41, 5.74) is 6.43. The minimum Gasteiger partial charge on any atom is -0.409 e. The monoisotopic (exact) mass is 407 g/mol. The molecule has 0 aliphatic rings. The quantitative estimate of drug-likeness (QED) is 0.488. The van der Waals surface area contributed by atoms with E-state index in [9.17, 15) is 9.59 Å². The Balaban J connectivity index is 1.80. The van der Waals surface area contributed by atoms with Gasteiger partial charge in [0.2, 0.25) is 5.91 Å². The molecule has 8 nitrogen and oxygen atoms in total. The van der Waals surface area contributed by atoms with Crippen molar-refractivity contribution < 1.29 is 9.21 Å². The largest absolute Gasteiger partial charge is 0.409 e. The molecule has 2 heterocycles. The highest BCUT2D eigenvalue weighted by Crippen LogP contribution is 2.28. The summed E-state index contributed by atoms with van der Waals surface area (Å²) in [6, 6.07) is 16.7. The van der Waals surface area contributed by atoms with E-state index < -0.39 is 11.2 Å². The molecule has 4 aromatic rings. The number of aromatic nitrogens is 4. The van der Waals surface area contributed by atoms with E-state index in [0.717, 1.165) is 17.3 Å². The van der Waals surface area contributed by atoms with Crippen molar-refractivity contribution in [3.63, 3.8) is 0 Å². The molecule has 0 fully saturated rings. The highest BCUT2D eigenvalue weighted by molar-refractivity contribution is 8.00. The molecule has 146 valence electrons. The molecule has 0 bridgehead atoms. The van der Waals surface area contributed by atoms with Crippen LogP contribution >= 0.6 is 11.8 Å². The molecule has 2 aromatic carbocycles. The van der Waals surface area contributed by atoms with E-state index in [2.05, 4.69) is 15.3 Å². The Kier molecular flexibility index (Phi) is 5.13. The summed E-state index contributed by atoms with van der Waals surface area (Å²) < 4.78 is 7.08. The summed E-state index contributed by atoms with van der Waals surface area (Å²) in [7, 11) is 0. The number of amides is 1. The van der Waals surface area contributed by atoms with Gasteiger partial charge in [0.15, 0.2) is 5.69 Å². The zero-order valence-electron chi connectivity index (χ0n) is 15.5. The van der Waals surface area contributed by atoms with Gasteiger partial charge in [0.05, 0.1) is 17.2 Å². The average Bonchev–Trinajstić information content (AvgIpc) is 3.19. The Labute approximate surface area is 169 Å². The van der Waals surface area contributed by atoms with Crippen molar-refractivity contribution in [2.75, 3.05) is 0 Å². The Morgan fingerprint density at radius 3 is 2.52 bits per heavy atom. The third-order valence-electron chi connectivity index (χ3n) is 4.33. The number of rotatable bonds is 6. The fourth-order valence-electron chi connectivity index (χ4n) is 2.82. The second kappa shape index (κ2) is 7.88. The normalized spacial score (nSPS) is 12.2. The molecule has 0 saturated heterocycles. The second-order valence-corrected chi connectivity index (χ2v) is 7.67. The summed E-state index contributed by atoms with van der Waals surface area (Å²) in [5.74, 6) is -0.308. The van der Waals surface area contributed by atoms with Gasteiger partial charge in [-0.15, -0.1) is 10.2 Å². The standard InChI is InChI=1S/C20H17N5O3S/c1-12(17(21)26)29-20-23-22-18(28-20)16-14-9-5-6-10-15(14)19(27)25(24-16)11-13-7-3-2-4-8-13/h2-10,12H,11H2,1H3,(H2,21,26)/t12-/m1/s1. The highest BCUT2D eigenvalue weighted by atomic mass is 32.2. The molecule has 0 aliphatic carbocycles. The minimum absolute atomic E-state index is 0.169. The SMILES string of the molecule is C[C@@H](Sc1nnc(-c2nn(Cc3ccccc3)c(=O)c3ccccc23)o1)C(N)=O. The van der Waals surface area contributed by atoms with Crippen LogP contribution in [0.1, 0.15) is 12.5 Å². The van der Waals surface area contributed by atoms with Crippen LogP contribution in [0.2, 0.25) is 0 Å². The van der Waals surface area contributed by atoms with Crippen molar-refractivity contribution in [3.8, 4) is 11.6 Å². The van der Waals surface area contributed by atoms with E-state index in [0.29, 0.717) is 23.0 Å². The number of thioether (sulfide) groups is 1. The van der Waals surface area contributed by atoms with Crippen LogP contribution in [-0.4, -0.2) is 31.1 Å². The molecule has 2 aromatic heterocycles. The van der Waals surface area contributed by atoms with Gasteiger partial charge in [0.1, 0.15) is 0 Å². The minimum atomic E-state index is -0.514. The van der Waals surface area contributed by atoms with E-state index >= 15 is 0 Å². The van der Waals surface area contributed by atoms with E-state index in [1.807, 2.05) is 36.4 Å². The third-order valence-corrected chi connectivity index (χ3v) is 5.28. The van der Waals surface area contributed by atoms with Gasteiger partial charge in [-0.2, -0.15) is 5.10 Å². The first-order valence-corrected chi connectivity index (χ1v) is 9.74. The Morgan fingerprint density at radius 1 is 1.10 bits per heavy atom. The van der Waals surface area contributed by atoms with E-state index in [1.165, 1.54) is 4.68 Å². The van der Waals surface area contributed by atoms with Gasteiger partial charge in [0.25, 0.3) is 16.7 Å². The predicted octanol–water partition coefficient (Wildman–Crippen LogP) is 2.46. The number of nitrogens with zero attached hydrogens (tertiary/aromatic N) is 4. The van der Waals surface area contributed by atoms with Crippen molar-refractivity contribution in [2.45, 2.75) is 23.9 Å². The first-order chi connectivity index (χ1) is 14.0. The van der Waals surface area contributed by atoms with Crippen molar-refractivity contribution in [3.05, 3.63) is 70.5 Å². The van der Waals surface area contributed by atoms with Crippen LogP contribution < -0.4 is 11.3 Å². The van der Waals surface area contributed by atoms with Crippen LogP contribution in [-0.2, 0) is 11.3 Å². The van der Waals surface area contributed by atoms with Gasteiger partial charge in [-0.25, -0.2) is 4.68 Å². The molecule has 1 atom stereocenters. The average molecular weight is 407 g/mol. The fraction of sp³-hybridized carbons (Fsp3) is 0.150. The smallest absolute Gasteiger partial charge is 0.277 e. The molecule has 0 unspecified atom stereocenters. The van der Waals surface area contributed by atoms with Crippen molar-refractivity contribution in [1.29, 1.82) is 0 Å². The molecular formula is C20H17N5O3S. The van der Waals surface area contributed by atoms with Crippen LogP contribution in [0.3, 0.4) is 0 Å². The second-order valence-electron chi connectivity index (χ2n) is 6.38. The lowest BCUT2D eigenvalue weighted by Gasteiger charge is -2.09. The van der Waals surface area contributed by atoms with Gasteiger partial charge in [-0.1, -0.05) is 60.3 Å². The van der Waals surface area contributed by atoms with Crippen molar-refractivity contribution in [2.24, 2.45) is 5.73 Å². The molecule has 2 N–H and O–H groups in total. The van der Waals surface area contributed by atoms with Crippen LogP contribution in [0, 0.1) is 0 Å². The Bertz CT molecular complexity index is 1240. The first-order valence-electron chi connectivity index (χ1n) is 8.86. The molecule has 0 spiro atoms. The Hall–Kier alpha value is -3.46. The number of fused-ring (bicyclic) bond motifs is 1. The van der Waals surface area contributed by atoms with Gasteiger partial charge in [-0.3, -0.25) is 9.59 Å². The van der Waals surface area contributed by atoms with E-state index in [4.69, 9.17) is 10.2 Å². The van der Waals surface area contributed by atoms with Crippen molar-refractivity contribution >= 4 is 28.4 Å². The summed E-state index contributed by atoms with van der Waals surface area (Å²) >= 11 is 1.07. The summed E-state index contributed by atoms with van der Waals surface area (Å²) in [6.45, 7) is 1.97. The lowest BCUT2D eigenvalue weighted by atomic mass is 10.1. The van der Waals surface area contributed by atoms with E-state index in [-0.39, 0.29) is 16.7 Å². The highest BCUT2D eigenvalue weighted by Gasteiger charge is 2.20. The van der Waals surface area contributed by atoms with E-state index in [1.54, 1.807) is 25.1 Å². The number of carbonyl (C=O) groups excluding carboxylic acids is 1. The van der Waals surface area contributed by atoms with Crippen LogP contribution in [0.4, 0.5) is 0 Å². The zero-order chi connectivity index (χ0) is 20.4. The molecule has 1 amide bonds. The van der Waals surface area contributed by atoms with Gasteiger partial charge >= 0.3 is 0 Å². The number of hydrogen-bond acceptors (Lipinski definition) is 7. The molecular weight excluding hydrogens is 390 g/mol. The number of primary amides is 1. The molecule has 0 radical (unpaired) electrons. The number of benzene rings is 2. The molecule has 0 aliphatic heterocycles. The van der Waals surface area contributed by atoms with Crippen LogP contribution in [0.15, 0.2) is 69.0 Å². The van der Waals surface area contributed by atoms with Gasteiger partial charge in [-0.05, 0) is 18.6 Å². The zero-order valence-corrected chi connectivity index (χ0v) is 16.3. The van der Waals surface area contributed by atoms with Gasteiger partial charge in [0, 0.05) is 5.39 Å². The summed E-state index contributed by atoms with van der Waals surface area (Å²) in [4.78, 5) is 24.2. The van der Waals surface area contributed by atoms with Crippen LogP contribution in [0.25, 0.3) is 22.4 Å². The van der Waals surface area contributed by atoms with Crippen molar-refractivity contribution in [1.82, 2.24) is 20.0 Å². The molecule has 0 saturated carbocycles. The first kappa shape index (κ1) is 18.9. The number of hydrogen-bond donors (Lipinski definition) is 1. The van der Waals surface area contributed by atoms with Gasteiger partial charge < -0.3 is 10.2 Å². The maximum atomic E-state index is 12.9. The lowest BCUT2D eigenvalue weighted by Crippen LogP contribution is -2.24. The fourth-order valence-corrected chi connectivity index (χ4v) is 3.45. The van der Waals surface area contributed by atoms with Crippen LogP contribution in [0.5, 0.6) is 0 Å². The molecule has 9 heteroatoms. The predicted molar refractivity (Wildman–Crippen MR) is 109 cm³/mol. The molecule has 4 rings (SSSR count). The summed E-state index contributed by atoms with van der Waals surface area (Å²) in [6.07, 6.45) is 0. The Morgan fingerprint density at radius 2 is 1.79 bits per heavy atom. The number of carbonyl (C=O) groups is 1.